The molecule has 5 N–H and O–H groups in total. The smallest absolute Gasteiger partial charge is 0.249 e. The molecule has 4 bridgehead atoms. The van der Waals surface area contributed by atoms with E-state index in [-0.39, 0.29) is 18.3 Å². The molecule has 5 heterocycles. The standard InChI is InChI=1S/C32H34N6O5/c1-15(2)23-30-38-24(27-33-11-12-34-27)26(43-30)32-18-7-5-6-8-20(18)36-31(32)42-22-10-9-17(13-19(22)32)14-21(28(40)37-23)35-29(41)25(39)16(3)4/h5-13,15-16,21,23,25,31,36,39H,14H2,1-4H3,(H,33,34)(H,35,41)(H,37,40)/t21?,23-,25-,31?,32?/m0/s1. The molecule has 5 atom stereocenters. The van der Waals surface area contributed by atoms with Crippen molar-refractivity contribution in [3.8, 4) is 17.3 Å². The van der Waals surface area contributed by atoms with Gasteiger partial charge in [0.25, 0.3) is 0 Å². The summed E-state index contributed by atoms with van der Waals surface area (Å²) in [6.07, 6.45) is 1.81. The zero-order valence-corrected chi connectivity index (χ0v) is 24.3. The number of oxazole rings is 1. The highest BCUT2D eigenvalue weighted by atomic mass is 16.5. The van der Waals surface area contributed by atoms with E-state index in [1.165, 1.54) is 0 Å². The third-order valence-corrected chi connectivity index (χ3v) is 8.67. The number of ether oxygens (including phenoxy) is 1. The number of carbonyl (C=O) groups excluding carboxylic acids is 2. The second kappa shape index (κ2) is 9.98. The summed E-state index contributed by atoms with van der Waals surface area (Å²) in [5.41, 5.74) is 3.16. The van der Waals surface area contributed by atoms with E-state index in [4.69, 9.17) is 14.1 Å². The van der Waals surface area contributed by atoms with Crippen molar-refractivity contribution in [1.29, 1.82) is 0 Å². The number of aromatic amines is 1. The number of nitrogens with one attached hydrogen (secondary N) is 4. The molecular formula is C32H34N6O5. The van der Waals surface area contributed by atoms with Crippen LogP contribution >= 0.6 is 0 Å². The number of hydrogen-bond acceptors (Lipinski definition) is 8. The molecule has 0 radical (unpaired) electrons. The van der Waals surface area contributed by atoms with Crippen molar-refractivity contribution in [1.82, 2.24) is 25.6 Å². The quantitative estimate of drug-likeness (QED) is 0.240. The average Bonchev–Trinajstić information content (AvgIpc) is 3.76. The van der Waals surface area contributed by atoms with Crippen molar-refractivity contribution < 1.29 is 23.8 Å². The Morgan fingerprint density at radius 3 is 2.67 bits per heavy atom. The minimum Gasteiger partial charge on any atom is -0.469 e. The van der Waals surface area contributed by atoms with Gasteiger partial charge in [-0.2, -0.15) is 0 Å². The van der Waals surface area contributed by atoms with Crippen LogP contribution in [0.3, 0.4) is 0 Å². The predicted octanol–water partition coefficient (Wildman–Crippen LogP) is 3.41. The van der Waals surface area contributed by atoms with Gasteiger partial charge in [0, 0.05) is 30.1 Å². The molecule has 3 aliphatic rings. The third-order valence-electron chi connectivity index (χ3n) is 8.67. The highest BCUT2D eigenvalue weighted by molar-refractivity contribution is 5.90. The molecule has 43 heavy (non-hydrogen) atoms. The van der Waals surface area contributed by atoms with Gasteiger partial charge in [-0.05, 0) is 35.1 Å². The molecule has 0 fully saturated rings. The lowest BCUT2D eigenvalue weighted by molar-refractivity contribution is -0.135. The number of benzene rings is 2. The third kappa shape index (κ3) is 4.13. The molecule has 7 rings (SSSR count). The molecule has 3 aliphatic heterocycles. The first-order chi connectivity index (χ1) is 20.7. The number of hydrogen-bond donors (Lipinski definition) is 5. The molecule has 11 nitrogen and oxygen atoms in total. The van der Waals surface area contributed by atoms with E-state index in [0.717, 1.165) is 22.4 Å². The van der Waals surface area contributed by atoms with E-state index < -0.39 is 41.6 Å². The Labute approximate surface area is 248 Å². The molecule has 2 aromatic heterocycles. The van der Waals surface area contributed by atoms with Gasteiger partial charge in [-0.15, -0.1) is 0 Å². The van der Waals surface area contributed by atoms with Crippen LogP contribution in [0, 0.1) is 11.8 Å². The molecule has 11 heteroatoms. The summed E-state index contributed by atoms with van der Waals surface area (Å²) in [5, 5.41) is 19.9. The fourth-order valence-electron chi connectivity index (χ4n) is 6.42. The van der Waals surface area contributed by atoms with Gasteiger partial charge < -0.3 is 35.2 Å². The van der Waals surface area contributed by atoms with Gasteiger partial charge in [-0.3, -0.25) is 9.59 Å². The van der Waals surface area contributed by atoms with Crippen molar-refractivity contribution in [2.24, 2.45) is 11.8 Å². The maximum absolute atomic E-state index is 13.9. The summed E-state index contributed by atoms with van der Waals surface area (Å²) in [6, 6.07) is 12.3. The van der Waals surface area contributed by atoms with Crippen LogP contribution in [-0.2, 0) is 21.4 Å². The molecule has 4 aromatic rings. The zero-order chi connectivity index (χ0) is 30.0. The van der Waals surface area contributed by atoms with Crippen molar-refractivity contribution >= 4 is 17.5 Å². The van der Waals surface area contributed by atoms with Crippen LogP contribution in [-0.4, -0.2) is 50.2 Å². The normalized spacial score (nSPS) is 24.3. The second-order valence-corrected chi connectivity index (χ2v) is 12.2. The number of carbonyl (C=O) groups is 2. The van der Waals surface area contributed by atoms with Gasteiger partial charge in [-0.1, -0.05) is 58.0 Å². The van der Waals surface area contributed by atoms with Crippen molar-refractivity contribution in [3.63, 3.8) is 0 Å². The number of anilines is 1. The first-order valence-corrected chi connectivity index (χ1v) is 14.6. The fraction of sp³-hybridized carbons (Fsp3) is 0.375. The van der Waals surface area contributed by atoms with Crippen LogP contribution in [0.25, 0.3) is 11.5 Å². The average molecular weight is 583 g/mol. The number of para-hydroxylation sites is 1. The Kier molecular flexibility index (Phi) is 6.31. The van der Waals surface area contributed by atoms with E-state index in [1.54, 1.807) is 26.2 Å². The predicted molar refractivity (Wildman–Crippen MR) is 157 cm³/mol. The summed E-state index contributed by atoms with van der Waals surface area (Å²) in [7, 11) is 0. The Morgan fingerprint density at radius 1 is 1.12 bits per heavy atom. The molecule has 0 saturated carbocycles. The largest absolute Gasteiger partial charge is 0.469 e. The molecule has 2 amide bonds. The Balaban J connectivity index is 1.47. The van der Waals surface area contributed by atoms with Crippen molar-refractivity contribution in [3.05, 3.63) is 83.2 Å². The van der Waals surface area contributed by atoms with Crippen LogP contribution in [0.1, 0.15) is 62.1 Å². The second-order valence-electron chi connectivity index (χ2n) is 12.2. The minimum absolute atomic E-state index is 0.115. The number of fused-ring (bicyclic) bond motifs is 4. The number of aliphatic hydroxyl groups excluding tert-OH is 1. The fourth-order valence-corrected chi connectivity index (χ4v) is 6.42. The molecule has 1 spiro atoms. The van der Waals surface area contributed by atoms with Crippen molar-refractivity contribution in [2.75, 3.05) is 5.32 Å². The molecule has 2 aromatic carbocycles. The topological polar surface area (TPSA) is 154 Å². The Hall–Kier alpha value is -4.64. The molecule has 222 valence electrons. The van der Waals surface area contributed by atoms with Crippen LogP contribution in [0.5, 0.6) is 5.75 Å². The van der Waals surface area contributed by atoms with Gasteiger partial charge >= 0.3 is 0 Å². The maximum Gasteiger partial charge on any atom is 0.249 e. The Morgan fingerprint density at radius 2 is 1.93 bits per heavy atom. The molecule has 0 saturated heterocycles. The number of imidazole rings is 1. The number of nitrogens with zero attached hydrogens (tertiary/aromatic N) is 2. The van der Waals surface area contributed by atoms with Crippen molar-refractivity contribution in [2.45, 2.75) is 63.9 Å². The van der Waals surface area contributed by atoms with Gasteiger partial charge in [-0.25, -0.2) is 9.97 Å². The first-order valence-electron chi connectivity index (χ1n) is 14.6. The first kappa shape index (κ1) is 27.2. The monoisotopic (exact) mass is 582 g/mol. The van der Waals surface area contributed by atoms with E-state index in [0.29, 0.717) is 28.9 Å². The lowest BCUT2D eigenvalue weighted by Crippen LogP contribution is -2.52. The molecule has 0 aliphatic carbocycles. The van der Waals surface area contributed by atoms with E-state index >= 15 is 0 Å². The summed E-state index contributed by atoms with van der Waals surface area (Å²) in [5.74, 6) is 0.654. The van der Waals surface area contributed by atoms with E-state index in [1.807, 2.05) is 50.2 Å². The van der Waals surface area contributed by atoms with Gasteiger partial charge in [0.2, 0.25) is 17.7 Å². The highest BCUT2D eigenvalue weighted by Crippen LogP contribution is 2.59. The molecule has 3 unspecified atom stereocenters. The summed E-state index contributed by atoms with van der Waals surface area (Å²) >= 11 is 0. The van der Waals surface area contributed by atoms with Crippen LogP contribution in [0.4, 0.5) is 5.69 Å². The van der Waals surface area contributed by atoms with Gasteiger partial charge in [0.1, 0.15) is 35.0 Å². The highest BCUT2D eigenvalue weighted by Gasteiger charge is 2.61. The number of amides is 2. The summed E-state index contributed by atoms with van der Waals surface area (Å²) in [6.45, 7) is 7.44. The number of rotatable bonds is 5. The minimum atomic E-state index is -1.25. The van der Waals surface area contributed by atoms with Crippen LogP contribution in [0.2, 0.25) is 0 Å². The van der Waals surface area contributed by atoms with E-state index in [2.05, 4.69) is 32.0 Å². The maximum atomic E-state index is 13.9. The number of aromatic nitrogens is 3. The molecular weight excluding hydrogens is 548 g/mol. The van der Waals surface area contributed by atoms with Gasteiger partial charge in [0.05, 0.1) is 0 Å². The Bertz CT molecular complexity index is 1710. The lowest BCUT2D eigenvalue weighted by atomic mass is 9.72. The van der Waals surface area contributed by atoms with Gasteiger partial charge in [0.15, 0.2) is 17.8 Å². The van der Waals surface area contributed by atoms with Crippen LogP contribution in [0.15, 0.2) is 59.3 Å². The number of aliphatic hydroxyl groups is 1. The summed E-state index contributed by atoms with van der Waals surface area (Å²) < 4.78 is 13.3. The van der Waals surface area contributed by atoms with Crippen LogP contribution < -0.4 is 20.7 Å². The summed E-state index contributed by atoms with van der Waals surface area (Å²) in [4.78, 5) is 39.5. The zero-order valence-electron chi connectivity index (χ0n) is 24.3. The number of H-pyrrole nitrogens is 1. The lowest BCUT2D eigenvalue weighted by Gasteiger charge is -2.29. The SMILES string of the molecule is CC(C)[C@H](O)C(=O)NC1Cc2ccc3c(c2)C2(c4ccccc4NC2O3)c2oc(nc2-c2ncc[nH]2)[C@H](C(C)C)NC1=O. The van der Waals surface area contributed by atoms with E-state index in [9.17, 15) is 14.7 Å².